The van der Waals surface area contributed by atoms with Crippen LogP contribution in [0.4, 0.5) is 19.0 Å². The van der Waals surface area contributed by atoms with Crippen LogP contribution in [0.15, 0.2) is 30.5 Å². The van der Waals surface area contributed by atoms with Crippen LogP contribution in [0.2, 0.25) is 0 Å². The van der Waals surface area contributed by atoms with Gasteiger partial charge < -0.3 is 14.7 Å². The van der Waals surface area contributed by atoms with E-state index >= 15 is 8.78 Å². The zero-order valence-corrected chi connectivity index (χ0v) is 30.3. The van der Waals surface area contributed by atoms with Crippen LogP contribution in [0, 0.1) is 29.9 Å². The first-order valence-corrected chi connectivity index (χ1v) is 19.7. The Bertz CT molecular complexity index is 2350. The largest absolute Gasteiger partial charge is 0.508 e. The number of terminal acetylenes is 1. The summed E-state index contributed by atoms with van der Waals surface area (Å²) in [7, 11) is 1.77. The van der Waals surface area contributed by atoms with Gasteiger partial charge in [0.2, 0.25) is 0 Å². The minimum Gasteiger partial charge on any atom is -0.508 e. The van der Waals surface area contributed by atoms with Gasteiger partial charge in [-0.2, -0.15) is 26.8 Å². The van der Waals surface area contributed by atoms with Gasteiger partial charge in [-0.1, -0.05) is 12.0 Å². The average Bonchev–Trinajstić information content (AvgIpc) is 3.84. The van der Waals surface area contributed by atoms with E-state index in [4.69, 9.17) is 26.2 Å². The van der Waals surface area contributed by atoms with E-state index in [1.165, 1.54) is 35.8 Å². The number of aromatic hydroxyl groups is 1. The number of hydrogen-bond acceptors (Lipinski definition) is 9. The Hall–Kier alpha value is -4.25. The summed E-state index contributed by atoms with van der Waals surface area (Å²) in [5.41, 5.74) is 0.140. The van der Waals surface area contributed by atoms with Gasteiger partial charge in [-0.3, -0.25) is 14.5 Å². The molecule has 2 aromatic heterocycles. The summed E-state index contributed by atoms with van der Waals surface area (Å²) >= 11 is 2.00. The maximum absolute atomic E-state index is 17.8. The van der Waals surface area contributed by atoms with E-state index in [2.05, 4.69) is 20.6 Å². The van der Waals surface area contributed by atoms with Crippen LogP contribution in [-0.2, 0) is 7.05 Å². The molecule has 1 N–H and O–H groups in total. The molecule has 0 saturated carbocycles. The molecule has 5 aliphatic rings. The lowest BCUT2D eigenvalue weighted by Gasteiger charge is -2.44. The van der Waals surface area contributed by atoms with Gasteiger partial charge in [-0.25, -0.2) is 13.2 Å². The van der Waals surface area contributed by atoms with Crippen molar-refractivity contribution in [1.82, 2.24) is 29.5 Å². The van der Waals surface area contributed by atoms with E-state index in [1.807, 2.05) is 18.0 Å². The lowest BCUT2D eigenvalue weighted by atomic mass is 9.91. The number of piperazine rings is 1. The lowest BCUT2D eigenvalue weighted by molar-refractivity contribution is 0.107. The second kappa shape index (κ2) is 12.4. The minimum absolute atomic E-state index is 0.0356. The van der Waals surface area contributed by atoms with Crippen molar-refractivity contribution in [3.8, 4) is 35.2 Å². The normalized spacial score (nSPS) is 26.2. The van der Waals surface area contributed by atoms with Gasteiger partial charge in [-0.15, -0.1) is 6.42 Å². The van der Waals surface area contributed by atoms with Gasteiger partial charge in [0.05, 0.1) is 16.5 Å². The molecule has 9 nitrogen and oxygen atoms in total. The van der Waals surface area contributed by atoms with Crippen molar-refractivity contribution >= 4 is 50.2 Å². The van der Waals surface area contributed by atoms with Crippen LogP contribution in [0.25, 0.3) is 43.7 Å². The number of anilines is 1. The molecule has 13 heteroatoms. The molecule has 3 aromatic carbocycles. The average molecular weight is 740 g/mol. The number of phenols is 1. The third-order valence-corrected chi connectivity index (χ3v) is 13.8. The number of likely N-dealkylation sites (tertiary alicyclic amines) is 1. The summed E-state index contributed by atoms with van der Waals surface area (Å²) in [4.78, 5) is 17.0. The Morgan fingerprint density at radius 3 is 2.64 bits per heavy atom. The van der Waals surface area contributed by atoms with Gasteiger partial charge >= 0.3 is 6.01 Å². The number of hydrogen-bond donors (Lipinski definition) is 1. The number of aromatic nitrogens is 4. The van der Waals surface area contributed by atoms with Crippen LogP contribution in [0.5, 0.6) is 11.8 Å². The summed E-state index contributed by atoms with van der Waals surface area (Å²) in [5, 5.41) is 17.6. The summed E-state index contributed by atoms with van der Waals surface area (Å²) in [6.07, 6.45) is 10.9. The molecule has 4 atom stereocenters. The van der Waals surface area contributed by atoms with E-state index < -0.39 is 23.3 Å². The number of ether oxygens (including phenoxy) is 1. The Kier molecular flexibility index (Phi) is 7.80. The number of rotatable bonds is 7. The minimum atomic E-state index is -0.925. The van der Waals surface area contributed by atoms with Crippen molar-refractivity contribution in [2.75, 3.05) is 55.7 Å². The molecule has 0 amide bonds. The smallest absolute Gasteiger partial charge is 0.319 e. The Labute approximate surface area is 309 Å². The number of aryl methyl sites for hydroxylation is 1. The topological polar surface area (TPSA) is 82.8 Å². The van der Waals surface area contributed by atoms with Crippen molar-refractivity contribution < 1.29 is 23.0 Å². The zero-order chi connectivity index (χ0) is 36.2. The summed E-state index contributed by atoms with van der Waals surface area (Å²) < 4.78 is 55.8. The molecular formula is C40H40F3N7O2S. The van der Waals surface area contributed by atoms with E-state index in [9.17, 15) is 9.50 Å². The van der Waals surface area contributed by atoms with Gasteiger partial charge in [0, 0.05) is 74.3 Å². The first-order chi connectivity index (χ1) is 25.7. The second-order valence-corrected chi connectivity index (χ2v) is 16.8. The number of phenolic OH excluding ortho intramolecular Hbond substituents is 1. The van der Waals surface area contributed by atoms with E-state index in [-0.39, 0.29) is 52.7 Å². The molecule has 5 aromatic rings. The number of benzene rings is 3. The van der Waals surface area contributed by atoms with Crippen molar-refractivity contribution in [1.29, 1.82) is 0 Å². The molecular weight excluding hydrogens is 700 g/mol. The van der Waals surface area contributed by atoms with Crippen LogP contribution >= 0.6 is 11.8 Å². The Morgan fingerprint density at radius 2 is 1.89 bits per heavy atom. The zero-order valence-electron chi connectivity index (χ0n) is 29.5. The third-order valence-electron chi connectivity index (χ3n) is 12.4. The highest BCUT2D eigenvalue weighted by Gasteiger charge is 2.50. The highest BCUT2D eigenvalue weighted by molar-refractivity contribution is 8.00. The van der Waals surface area contributed by atoms with E-state index in [0.717, 1.165) is 57.8 Å². The summed E-state index contributed by atoms with van der Waals surface area (Å²) in [6.45, 7) is 4.27. The Balaban J connectivity index is 1.18. The van der Waals surface area contributed by atoms with E-state index in [1.54, 1.807) is 11.7 Å². The molecule has 5 fully saturated rings. The number of alkyl halides is 1. The molecule has 274 valence electrons. The number of nitrogens with zero attached hydrogens (tertiary/aromatic N) is 7. The van der Waals surface area contributed by atoms with Crippen molar-refractivity contribution in [2.45, 2.75) is 55.9 Å². The molecule has 5 aliphatic heterocycles. The number of thioether (sulfide) groups is 1. The van der Waals surface area contributed by atoms with Gasteiger partial charge in [0.15, 0.2) is 5.82 Å². The van der Waals surface area contributed by atoms with Gasteiger partial charge in [0.25, 0.3) is 0 Å². The molecule has 0 spiro atoms. The second-order valence-electron chi connectivity index (χ2n) is 15.7. The van der Waals surface area contributed by atoms with Crippen LogP contribution in [-0.4, -0.2) is 109 Å². The first kappa shape index (κ1) is 33.3. The number of fused-ring (bicyclic) bond motifs is 7. The summed E-state index contributed by atoms with van der Waals surface area (Å²) in [6, 6.07) is 6.03. The molecule has 0 unspecified atom stereocenters. The van der Waals surface area contributed by atoms with E-state index in [0.29, 0.717) is 45.8 Å². The predicted molar refractivity (Wildman–Crippen MR) is 201 cm³/mol. The predicted octanol–water partition coefficient (Wildman–Crippen LogP) is 6.27. The Morgan fingerprint density at radius 1 is 1.08 bits per heavy atom. The number of halogens is 3. The van der Waals surface area contributed by atoms with Gasteiger partial charge in [-0.05, 0) is 78.8 Å². The highest BCUT2D eigenvalue weighted by Crippen LogP contribution is 2.47. The van der Waals surface area contributed by atoms with Gasteiger partial charge in [0.1, 0.15) is 41.2 Å². The fourth-order valence-electron chi connectivity index (χ4n) is 10.1. The first-order valence-electron chi connectivity index (χ1n) is 18.6. The monoisotopic (exact) mass is 739 g/mol. The summed E-state index contributed by atoms with van der Waals surface area (Å²) in [5.74, 6) is 4.74. The maximum Gasteiger partial charge on any atom is 0.319 e. The highest BCUT2D eigenvalue weighted by atomic mass is 32.2. The van der Waals surface area contributed by atoms with Crippen LogP contribution < -0.4 is 9.64 Å². The van der Waals surface area contributed by atoms with Crippen molar-refractivity contribution in [3.05, 3.63) is 47.7 Å². The fourth-order valence-corrected chi connectivity index (χ4v) is 10.8. The lowest BCUT2D eigenvalue weighted by Crippen LogP contribution is -2.55. The standard InChI is InChI=1S/C40H40F3N7O2S/c1-3-28-31(42)8-5-23-11-27(51)12-29(32(23)28)33-35(43)37-34(30-18-47(2)46-36(30)33)38(50-25-6-7-26(50)17-48(16-25)14-22-19-53-20-22)45-39(44-37)52-21-40-9-4-10-49(40)15-24(41)13-40/h1,5,8,11-12,18,22,24-26,51H,4,6-7,9-10,13-17,19-21H2,2H3/t24-,25-,26+,40+/m1/s1. The van der Waals surface area contributed by atoms with Crippen LogP contribution in [0.1, 0.15) is 37.7 Å². The SMILES string of the molecule is C#Cc1c(F)ccc2cc(O)cc(-c3c(F)c4nc(OC[C@@]56CCCN5C[C@H](F)C6)nc(N5[C@@H]6CC[C@H]5CN(CC5CSC5)C6)c4c4cn(C)nc34)c12. The fraction of sp³-hybridized carbons (Fsp3) is 0.475. The van der Waals surface area contributed by atoms with Crippen LogP contribution in [0.3, 0.4) is 0 Å². The molecule has 10 rings (SSSR count). The molecule has 2 bridgehead atoms. The molecule has 0 aliphatic carbocycles. The third kappa shape index (κ3) is 5.27. The van der Waals surface area contributed by atoms with Crippen molar-refractivity contribution in [3.63, 3.8) is 0 Å². The maximum atomic E-state index is 17.8. The molecule has 0 radical (unpaired) electrons. The molecule has 5 saturated heterocycles. The molecule has 7 heterocycles. The van der Waals surface area contributed by atoms with Crippen molar-refractivity contribution in [2.24, 2.45) is 13.0 Å². The quantitative estimate of drug-likeness (QED) is 0.194. The molecule has 53 heavy (non-hydrogen) atoms.